The van der Waals surface area contributed by atoms with Crippen LogP contribution >= 0.6 is 11.6 Å². The van der Waals surface area contributed by atoms with Gasteiger partial charge >= 0.3 is 145 Å². The summed E-state index contributed by atoms with van der Waals surface area (Å²) < 4.78 is 33.2. The number of carbonyl (C=O) groups excluding carboxylic acids is 1. The van der Waals surface area contributed by atoms with E-state index in [0.29, 0.717) is 11.1 Å². The third-order valence-electron chi connectivity index (χ3n) is 3.36. The summed E-state index contributed by atoms with van der Waals surface area (Å²) >= 11 is 5.82. The van der Waals surface area contributed by atoms with Gasteiger partial charge in [-0.05, 0) is 0 Å². The summed E-state index contributed by atoms with van der Waals surface area (Å²) in [5.41, 5.74) is 6.43. The van der Waals surface area contributed by atoms with Gasteiger partial charge in [0, 0.05) is 0 Å². The van der Waals surface area contributed by atoms with Gasteiger partial charge in [-0.1, -0.05) is 0 Å². The number of alkyl halides is 2. The first kappa shape index (κ1) is 20.1. The molecule has 0 spiro atoms. The van der Waals surface area contributed by atoms with Gasteiger partial charge in [0.25, 0.3) is 0 Å². The van der Waals surface area contributed by atoms with Crippen molar-refractivity contribution >= 4 is 35.5 Å². The van der Waals surface area contributed by atoms with Gasteiger partial charge < -0.3 is 0 Å². The Morgan fingerprint density at radius 1 is 1.42 bits per heavy atom. The second-order valence-electron chi connectivity index (χ2n) is 5.34. The van der Waals surface area contributed by atoms with Gasteiger partial charge in [-0.2, -0.15) is 0 Å². The van der Waals surface area contributed by atoms with Crippen molar-refractivity contribution in [2.24, 2.45) is 5.73 Å². The van der Waals surface area contributed by atoms with E-state index in [4.69, 9.17) is 21.8 Å². The number of nitrogens with two attached hydrogens (primary N) is 1. The molecule has 1 amide bonds. The molecule has 0 aliphatic rings. The van der Waals surface area contributed by atoms with Gasteiger partial charge in [-0.25, -0.2) is 0 Å². The standard InChI is InChI=1S/C17H19BClF2NO2/c1-5-12(13-6-7-24-9-13)8-14(17(4,20)21)10(2)18-15(11(3)19)16(22)23/h5-9H,1-4H3,(H2,22,23)/b12-5+,14-8+,15-11+. The zero-order valence-electron chi connectivity index (χ0n) is 14.0. The number of hydrogen-bond acceptors (Lipinski definition) is 2. The molecule has 0 aliphatic carbocycles. The van der Waals surface area contributed by atoms with Crippen molar-refractivity contribution in [3.05, 3.63) is 52.4 Å². The van der Waals surface area contributed by atoms with Crippen molar-refractivity contribution in [1.82, 2.24) is 0 Å². The molecular weight excluding hydrogens is 334 g/mol. The van der Waals surface area contributed by atoms with Crippen LogP contribution in [-0.4, -0.2) is 24.2 Å². The molecule has 0 saturated heterocycles. The van der Waals surface area contributed by atoms with E-state index in [-0.39, 0.29) is 21.5 Å². The Balaban J connectivity index is 3.46. The van der Waals surface area contributed by atoms with Crippen molar-refractivity contribution in [2.75, 3.05) is 0 Å². The summed E-state index contributed by atoms with van der Waals surface area (Å²) in [6, 6.07) is 1.67. The van der Waals surface area contributed by atoms with Crippen LogP contribution in [0.15, 0.2) is 51.2 Å². The average molecular weight is 354 g/mol. The minimum absolute atomic E-state index is 0.00495. The third kappa shape index (κ3) is 5.30. The fraction of sp³-hybridized carbons (Fsp3) is 0.294. The molecule has 1 rings (SSSR count). The van der Waals surface area contributed by atoms with Crippen LogP contribution in [0.3, 0.4) is 0 Å². The van der Waals surface area contributed by atoms with Crippen LogP contribution in [0.4, 0.5) is 8.78 Å². The van der Waals surface area contributed by atoms with Gasteiger partial charge in [0.1, 0.15) is 0 Å². The maximum atomic E-state index is 14.1. The van der Waals surface area contributed by atoms with E-state index in [1.165, 1.54) is 39.4 Å². The maximum absolute atomic E-state index is 14.1. The van der Waals surface area contributed by atoms with Crippen LogP contribution in [0, 0.1) is 0 Å². The number of halogens is 3. The van der Waals surface area contributed by atoms with Crippen LogP contribution in [-0.2, 0) is 4.79 Å². The molecule has 0 atom stereocenters. The Bertz CT molecular complexity index is 722. The second-order valence-corrected chi connectivity index (χ2v) is 5.91. The second kappa shape index (κ2) is 8.24. The predicted molar refractivity (Wildman–Crippen MR) is 95.2 cm³/mol. The number of hydrogen-bond donors (Lipinski definition) is 1. The van der Waals surface area contributed by atoms with Crippen LogP contribution in [0.25, 0.3) is 5.57 Å². The molecule has 0 bridgehead atoms. The summed E-state index contributed by atoms with van der Waals surface area (Å²) in [5.74, 6) is -3.90. The first-order valence-electron chi connectivity index (χ1n) is 7.21. The van der Waals surface area contributed by atoms with Gasteiger partial charge in [-0.3, -0.25) is 0 Å². The van der Waals surface area contributed by atoms with Crippen molar-refractivity contribution in [1.29, 1.82) is 0 Å². The Hall–Kier alpha value is -1.95. The monoisotopic (exact) mass is 353 g/mol. The summed E-state index contributed by atoms with van der Waals surface area (Å²) in [5, 5.41) is 0.140. The summed E-state index contributed by atoms with van der Waals surface area (Å²) in [6.45, 7) is 6.76. The van der Waals surface area contributed by atoms with Crippen LogP contribution < -0.4 is 5.73 Å². The molecule has 128 valence electrons. The number of rotatable bonds is 6. The van der Waals surface area contributed by atoms with Crippen molar-refractivity contribution in [3.63, 3.8) is 0 Å². The van der Waals surface area contributed by atoms with Crippen molar-refractivity contribution < 1.29 is 18.0 Å². The fourth-order valence-electron chi connectivity index (χ4n) is 2.14. The molecule has 1 aromatic rings. The van der Waals surface area contributed by atoms with Crippen LogP contribution in [0.2, 0.25) is 0 Å². The number of amides is 1. The molecule has 0 unspecified atom stereocenters. The van der Waals surface area contributed by atoms with Gasteiger partial charge in [0.2, 0.25) is 0 Å². The molecule has 0 saturated carbocycles. The third-order valence-corrected chi connectivity index (χ3v) is 3.56. The fourth-order valence-corrected chi connectivity index (χ4v) is 2.29. The van der Waals surface area contributed by atoms with Crippen molar-refractivity contribution in [2.45, 2.75) is 33.6 Å². The van der Waals surface area contributed by atoms with E-state index in [1.807, 2.05) is 0 Å². The average Bonchev–Trinajstić information content (AvgIpc) is 2.97. The molecule has 1 aromatic heterocycles. The molecule has 7 heteroatoms. The first-order valence-corrected chi connectivity index (χ1v) is 7.59. The molecule has 1 heterocycles. The molecule has 0 aliphatic heterocycles. The SMILES string of the molecule is C\C=C(/C=C(\C(C)=B/C(C(N)=O)=C(\C)Cl)C(C)(F)F)c1ccoc1. The van der Waals surface area contributed by atoms with E-state index in [0.717, 1.165) is 6.92 Å². The molecule has 2 N–H and O–H groups in total. The molecule has 3 nitrogen and oxygen atoms in total. The van der Waals surface area contributed by atoms with Crippen LogP contribution in [0.5, 0.6) is 0 Å². The van der Waals surface area contributed by atoms with E-state index < -0.39 is 11.8 Å². The minimum atomic E-state index is -3.12. The van der Waals surface area contributed by atoms with E-state index in [9.17, 15) is 13.6 Å². The molecular formula is C17H19BClF2NO2. The molecule has 0 aromatic carbocycles. The van der Waals surface area contributed by atoms with E-state index in [2.05, 4.69) is 0 Å². The van der Waals surface area contributed by atoms with Crippen LogP contribution in [0.1, 0.15) is 33.3 Å². The zero-order valence-corrected chi connectivity index (χ0v) is 14.7. The number of primary amides is 1. The topological polar surface area (TPSA) is 56.2 Å². The van der Waals surface area contributed by atoms with E-state index in [1.54, 1.807) is 19.1 Å². The van der Waals surface area contributed by atoms with Gasteiger partial charge in [0.15, 0.2) is 0 Å². The summed E-state index contributed by atoms with van der Waals surface area (Å²) in [6.07, 6.45) is 5.98. The quantitative estimate of drug-likeness (QED) is 0.475. The Morgan fingerprint density at radius 2 is 2.04 bits per heavy atom. The number of furan rings is 1. The first-order chi connectivity index (χ1) is 11.1. The predicted octanol–water partition coefficient (Wildman–Crippen LogP) is 4.12. The van der Waals surface area contributed by atoms with Gasteiger partial charge in [0.05, 0.1) is 0 Å². The molecule has 0 fully saturated rings. The normalized spacial score (nSPS) is 15.0. The summed E-state index contributed by atoms with van der Waals surface area (Å²) in [4.78, 5) is 11.4. The Morgan fingerprint density at radius 3 is 2.42 bits per heavy atom. The zero-order chi connectivity index (χ0) is 18.5. The Kier molecular flexibility index (Phi) is 6.90. The molecule has 24 heavy (non-hydrogen) atoms. The van der Waals surface area contributed by atoms with E-state index >= 15 is 0 Å². The van der Waals surface area contributed by atoms with Crippen molar-refractivity contribution in [3.8, 4) is 0 Å². The van der Waals surface area contributed by atoms with Gasteiger partial charge in [-0.15, -0.1) is 0 Å². The number of allylic oxidation sites excluding steroid dienone is 5. The Labute approximate surface area is 145 Å². The summed E-state index contributed by atoms with van der Waals surface area (Å²) in [7, 11) is 0. The number of carbonyl (C=O) groups is 1. The molecule has 0 radical (unpaired) electrons.